The van der Waals surface area contributed by atoms with Crippen LogP contribution in [0.2, 0.25) is 5.02 Å². The Kier molecular flexibility index (Phi) is 5.57. The van der Waals surface area contributed by atoms with Crippen molar-refractivity contribution in [2.24, 2.45) is 5.92 Å². The van der Waals surface area contributed by atoms with Gasteiger partial charge in [0.2, 0.25) is 0 Å². The number of amides is 1. The van der Waals surface area contributed by atoms with Crippen LogP contribution >= 0.6 is 11.6 Å². The first-order valence-electron chi connectivity index (χ1n) is 7.81. The van der Waals surface area contributed by atoms with E-state index in [1.807, 2.05) is 45.0 Å². The summed E-state index contributed by atoms with van der Waals surface area (Å²) in [4.78, 5) is 13.8. The van der Waals surface area contributed by atoms with E-state index in [2.05, 4.69) is 5.32 Å². The van der Waals surface area contributed by atoms with Crippen molar-refractivity contribution in [1.82, 2.24) is 4.90 Å². The van der Waals surface area contributed by atoms with Crippen LogP contribution in [-0.2, 0) is 4.74 Å². The maximum atomic E-state index is 12.0. The van der Waals surface area contributed by atoms with Gasteiger partial charge < -0.3 is 15.0 Å². The third-order valence-electron chi connectivity index (χ3n) is 3.72. The fourth-order valence-electron chi connectivity index (χ4n) is 2.51. The van der Waals surface area contributed by atoms with Crippen LogP contribution in [0, 0.1) is 5.92 Å². The maximum Gasteiger partial charge on any atom is 0.410 e. The first-order valence-corrected chi connectivity index (χ1v) is 8.19. The summed E-state index contributed by atoms with van der Waals surface area (Å²) in [6.45, 7) is 8.07. The van der Waals surface area contributed by atoms with E-state index < -0.39 is 5.60 Å². The Bertz CT molecular complexity index is 506. The van der Waals surface area contributed by atoms with E-state index in [0.717, 1.165) is 43.2 Å². The Morgan fingerprint density at radius 2 is 1.95 bits per heavy atom. The number of hydrogen-bond donors (Lipinski definition) is 1. The van der Waals surface area contributed by atoms with Gasteiger partial charge in [-0.2, -0.15) is 0 Å². The minimum absolute atomic E-state index is 0.204. The van der Waals surface area contributed by atoms with E-state index in [0.29, 0.717) is 5.92 Å². The van der Waals surface area contributed by atoms with Crippen molar-refractivity contribution in [3.63, 3.8) is 0 Å². The summed E-state index contributed by atoms with van der Waals surface area (Å²) in [5.74, 6) is 0.551. The summed E-state index contributed by atoms with van der Waals surface area (Å²) >= 11 is 6.14. The molecule has 1 aliphatic rings. The average Bonchev–Trinajstić information content (AvgIpc) is 2.45. The summed E-state index contributed by atoms with van der Waals surface area (Å²) < 4.78 is 5.41. The standard InChI is InChI=1S/C17H25ClN2O2/c1-17(2,3)22-16(21)20-10-8-13(9-11-20)12-19-15-7-5-4-6-14(15)18/h4-7,13,19H,8-12H2,1-3H3. The number of benzene rings is 1. The second kappa shape index (κ2) is 7.23. The molecule has 122 valence electrons. The van der Waals surface area contributed by atoms with Crippen LogP contribution in [0.5, 0.6) is 0 Å². The van der Waals surface area contributed by atoms with Gasteiger partial charge in [0.25, 0.3) is 0 Å². The minimum Gasteiger partial charge on any atom is -0.444 e. The van der Waals surface area contributed by atoms with Crippen molar-refractivity contribution in [2.75, 3.05) is 25.0 Å². The van der Waals surface area contributed by atoms with Crippen molar-refractivity contribution in [2.45, 2.75) is 39.2 Å². The average molecular weight is 325 g/mol. The molecule has 0 aliphatic carbocycles. The summed E-state index contributed by atoms with van der Waals surface area (Å²) in [5, 5.41) is 4.14. The van der Waals surface area contributed by atoms with Gasteiger partial charge in [-0.3, -0.25) is 0 Å². The lowest BCUT2D eigenvalue weighted by Crippen LogP contribution is -2.42. The molecular weight excluding hydrogens is 300 g/mol. The van der Waals surface area contributed by atoms with Crippen molar-refractivity contribution in [3.8, 4) is 0 Å². The predicted octanol–water partition coefficient (Wildman–Crippen LogP) is 4.40. The highest BCUT2D eigenvalue weighted by Crippen LogP contribution is 2.23. The molecule has 0 atom stereocenters. The Hall–Kier alpha value is -1.42. The van der Waals surface area contributed by atoms with E-state index in [9.17, 15) is 4.79 Å². The molecular formula is C17H25ClN2O2. The molecule has 0 saturated carbocycles. The van der Waals surface area contributed by atoms with E-state index in [1.165, 1.54) is 0 Å². The highest BCUT2D eigenvalue weighted by Gasteiger charge is 2.26. The number of para-hydroxylation sites is 1. The Balaban J connectivity index is 1.76. The van der Waals surface area contributed by atoms with E-state index in [-0.39, 0.29) is 6.09 Å². The van der Waals surface area contributed by atoms with Crippen LogP contribution in [0.4, 0.5) is 10.5 Å². The molecule has 4 nitrogen and oxygen atoms in total. The van der Waals surface area contributed by atoms with Crippen LogP contribution in [0.1, 0.15) is 33.6 Å². The highest BCUT2D eigenvalue weighted by molar-refractivity contribution is 6.33. The first-order chi connectivity index (χ1) is 10.3. The maximum absolute atomic E-state index is 12.0. The van der Waals surface area contributed by atoms with Gasteiger partial charge >= 0.3 is 6.09 Å². The van der Waals surface area contributed by atoms with Gasteiger partial charge in [-0.25, -0.2) is 4.79 Å². The number of nitrogens with zero attached hydrogens (tertiary/aromatic N) is 1. The molecule has 1 N–H and O–H groups in total. The normalized spacial score (nSPS) is 16.5. The zero-order valence-corrected chi connectivity index (χ0v) is 14.3. The second-order valence-corrected chi connectivity index (χ2v) is 7.18. The third kappa shape index (κ3) is 5.09. The smallest absolute Gasteiger partial charge is 0.410 e. The largest absolute Gasteiger partial charge is 0.444 e. The van der Waals surface area contributed by atoms with E-state index >= 15 is 0 Å². The lowest BCUT2D eigenvalue weighted by molar-refractivity contribution is 0.0188. The molecule has 1 aromatic carbocycles. The van der Waals surface area contributed by atoms with Crippen molar-refractivity contribution < 1.29 is 9.53 Å². The quantitative estimate of drug-likeness (QED) is 0.896. The predicted molar refractivity (Wildman–Crippen MR) is 90.5 cm³/mol. The van der Waals surface area contributed by atoms with Crippen LogP contribution in [0.25, 0.3) is 0 Å². The van der Waals surface area contributed by atoms with Crippen LogP contribution in [0.3, 0.4) is 0 Å². The number of ether oxygens (including phenoxy) is 1. The lowest BCUT2D eigenvalue weighted by atomic mass is 9.97. The van der Waals surface area contributed by atoms with Gasteiger partial charge in [0, 0.05) is 19.6 Å². The third-order valence-corrected chi connectivity index (χ3v) is 4.05. The molecule has 1 fully saturated rings. The molecule has 1 saturated heterocycles. The van der Waals surface area contributed by atoms with Gasteiger partial charge in [0.15, 0.2) is 0 Å². The van der Waals surface area contributed by atoms with E-state index in [1.54, 1.807) is 4.90 Å². The first kappa shape index (κ1) is 16.9. The minimum atomic E-state index is -0.431. The fourth-order valence-corrected chi connectivity index (χ4v) is 2.71. The van der Waals surface area contributed by atoms with Crippen LogP contribution < -0.4 is 5.32 Å². The molecule has 2 rings (SSSR count). The molecule has 0 aromatic heterocycles. The number of hydrogen-bond acceptors (Lipinski definition) is 3. The Morgan fingerprint density at radius 3 is 2.55 bits per heavy atom. The number of rotatable bonds is 3. The molecule has 5 heteroatoms. The second-order valence-electron chi connectivity index (χ2n) is 6.77. The van der Waals surface area contributed by atoms with Crippen molar-refractivity contribution in [3.05, 3.63) is 29.3 Å². The number of piperidine rings is 1. The van der Waals surface area contributed by atoms with Gasteiger partial charge in [-0.1, -0.05) is 23.7 Å². The van der Waals surface area contributed by atoms with Gasteiger partial charge in [0.1, 0.15) is 5.60 Å². The SMILES string of the molecule is CC(C)(C)OC(=O)N1CCC(CNc2ccccc2Cl)CC1. The Morgan fingerprint density at radius 1 is 1.32 bits per heavy atom. The molecule has 0 bridgehead atoms. The number of nitrogens with one attached hydrogen (secondary N) is 1. The van der Waals surface area contributed by atoms with Crippen molar-refractivity contribution >= 4 is 23.4 Å². The van der Waals surface area contributed by atoms with Crippen LogP contribution in [0.15, 0.2) is 24.3 Å². The molecule has 1 amide bonds. The molecule has 1 heterocycles. The lowest BCUT2D eigenvalue weighted by Gasteiger charge is -2.33. The van der Waals surface area contributed by atoms with Gasteiger partial charge in [-0.05, 0) is 51.7 Å². The van der Waals surface area contributed by atoms with Gasteiger partial charge in [-0.15, -0.1) is 0 Å². The fraction of sp³-hybridized carbons (Fsp3) is 0.588. The number of carbonyl (C=O) groups is 1. The topological polar surface area (TPSA) is 41.6 Å². The zero-order chi connectivity index (χ0) is 16.2. The summed E-state index contributed by atoms with van der Waals surface area (Å²) in [6.07, 6.45) is 1.76. The number of halogens is 1. The molecule has 0 spiro atoms. The zero-order valence-electron chi connectivity index (χ0n) is 13.6. The highest BCUT2D eigenvalue weighted by atomic mass is 35.5. The molecule has 1 aromatic rings. The van der Waals surface area contributed by atoms with Crippen LogP contribution in [-0.4, -0.2) is 36.2 Å². The Labute approximate surface area is 137 Å². The van der Waals surface area contributed by atoms with E-state index in [4.69, 9.17) is 16.3 Å². The van der Waals surface area contributed by atoms with Crippen molar-refractivity contribution in [1.29, 1.82) is 0 Å². The number of anilines is 1. The summed E-state index contributed by atoms with van der Waals surface area (Å²) in [5.41, 5.74) is 0.540. The number of carbonyl (C=O) groups excluding carboxylic acids is 1. The monoisotopic (exact) mass is 324 g/mol. The molecule has 1 aliphatic heterocycles. The molecule has 22 heavy (non-hydrogen) atoms. The summed E-state index contributed by atoms with van der Waals surface area (Å²) in [6, 6.07) is 7.76. The number of likely N-dealkylation sites (tertiary alicyclic amines) is 1. The summed E-state index contributed by atoms with van der Waals surface area (Å²) in [7, 11) is 0. The molecule has 0 radical (unpaired) electrons. The van der Waals surface area contributed by atoms with Gasteiger partial charge in [0.05, 0.1) is 10.7 Å². The molecule has 0 unspecified atom stereocenters.